The quantitative estimate of drug-likeness (QED) is 0.0264. The smallest absolute Gasteiger partial charge is 0.306 e. The zero-order valence-electron chi connectivity index (χ0n) is 39.1. The molecule has 0 bridgehead atoms. The van der Waals surface area contributed by atoms with Crippen molar-refractivity contribution in [1.29, 1.82) is 0 Å². The van der Waals surface area contributed by atoms with Crippen molar-refractivity contribution >= 4 is 17.9 Å². The van der Waals surface area contributed by atoms with E-state index in [2.05, 4.69) is 93.7 Å². The van der Waals surface area contributed by atoms with Crippen molar-refractivity contribution in [3.05, 3.63) is 146 Å². The summed E-state index contributed by atoms with van der Waals surface area (Å²) in [6.45, 7) is 6.19. The Hall–Kier alpha value is -4.71. The van der Waals surface area contributed by atoms with E-state index in [0.29, 0.717) is 19.3 Å². The fraction of sp³-hybridized carbons (Fsp3) is 0.518. The van der Waals surface area contributed by atoms with Gasteiger partial charge in [0.1, 0.15) is 13.2 Å². The highest BCUT2D eigenvalue weighted by molar-refractivity contribution is 5.71. The van der Waals surface area contributed by atoms with Crippen LogP contribution in [0.15, 0.2) is 146 Å². The average Bonchev–Trinajstić information content (AvgIpc) is 3.27. The summed E-state index contributed by atoms with van der Waals surface area (Å²) < 4.78 is 16.7. The van der Waals surface area contributed by atoms with Crippen molar-refractivity contribution in [2.45, 2.75) is 175 Å². The molecule has 6 nitrogen and oxygen atoms in total. The van der Waals surface area contributed by atoms with E-state index in [4.69, 9.17) is 14.2 Å². The van der Waals surface area contributed by atoms with Gasteiger partial charge in [0.15, 0.2) is 6.10 Å². The lowest BCUT2D eigenvalue weighted by atomic mass is 10.1. The van der Waals surface area contributed by atoms with Crippen molar-refractivity contribution in [3.8, 4) is 0 Å². The Bertz CT molecular complexity index is 1440. The van der Waals surface area contributed by atoms with Gasteiger partial charge >= 0.3 is 17.9 Å². The topological polar surface area (TPSA) is 78.9 Å². The number of ether oxygens (including phenoxy) is 3. The van der Waals surface area contributed by atoms with E-state index in [1.165, 1.54) is 19.3 Å². The second kappa shape index (κ2) is 49.0. The van der Waals surface area contributed by atoms with E-state index < -0.39 is 6.10 Å². The Labute approximate surface area is 378 Å². The van der Waals surface area contributed by atoms with Crippen LogP contribution in [0.4, 0.5) is 0 Å². The summed E-state index contributed by atoms with van der Waals surface area (Å²) in [7, 11) is 0. The summed E-state index contributed by atoms with van der Waals surface area (Å²) in [6, 6.07) is 0. The third kappa shape index (κ3) is 46.4. The van der Waals surface area contributed by atoms with E-state index in [0.717, 1.165) is 103 Å². The number of hydrogen-bond donors (Lipinski definition) is 0. The van der Waals surface area contributed by atoms with Crippen molar-refractivity contribution in [2.24, 2.45) is 0 Å². The number of unbranched alkanes of at least 4 members (excludes halogenated alkanes) is 14. The Morgan fingerprint density at radius 3 is 1.00 bits per heavy atom. The Morgan fingerprint density at radius 1 is 0.339 bits per heavy atom. The van der Waals surface area contributed by atoms with Crippen molar-refractivity contribution in [2.75, 3.05) is 13.2 Å². The lowest BCUT2D eigenvalue weighted by Gasteiger charge is -2.18. The molecule has 0 saturated carbocycles. The third-order valence-corrected chi connectivity index (χ3v) is 9.34. The first-order chi connectivity index (χ1) is 30.5. The van der Waals surface area contributed by atoms with Crippen LogP contribution in [-0.2, 0) is 28.6 Å². The van der Waals surface area contributed by atoms with Crippen LogP contribution in [0.3, 0.4) is 0 Å². The first-order valence-corrected chi connectivity index (χ1v) is 24.0. The molecule has 0 N–H and O–H groups in total. The number of carbonyl (C=O) groups is 3. The van der Waals surface area contributed by atoms with Gasteiger partial charge in [0.2, 0.25) is 0 Å². The standard InChI is InChI=1S/C56H84O6/c1-4-7-10-13-16-19-22-25-26-27-28-29-32-34-37-40-43-46-49-55(58)61-52-53(62-56(59)50-47-44-41-38-35-31-24-21-18-15-12-9-6-3)51-60-54(57)48-45-42-39-36-33-30-23-20-17-14-11-8-5-2/h8-9,11-12,14-31,33,35,53H,4-7,10,13,32,34,36-52H2,1-3H3/b11-8-,12-9-,17-14-,18-15-,19-16-,23-20-,24-21-,25-22-,27-26-,29-28-,33-30-,35-31-. The fourth-order valence-electron chi connectivity index (χ4n) is 5.77. The highest BCUT2D eigenvalue weighted by Crippen LogP contribution is 2.11. The zero-order chi connectivity index (χ0) is 45.1. The number of rotatable bonds is 40. The van der Waals surface area contributed by atoms with Crippen molar-refractivity contribution in [1.82, 2.24) is 0 Å². The number of allylic oxidation sites excluding steroid dienone is 24. The molecule has 0 rings (SSSR count). The lowest BCUT2D eigenvalue weighted by Crippen LogP contribution is -2.30. The Morgan fingerprint density at radius 2 is 0.629 bits per heavy atom. The molecule has 0 aliphatic carbocycles. The van der Waals surface area contributed by atoms with Gasteiger partial charge in [-0.25, -0.2) is 0 Å². The van der Waals surface area contributed by atoms with Crippen LogP contribution in [0, 0.1) is 0 Å². The van der Waals surface area contributed by atoms with Crippen LogP contribution in [-0.4, -0.2) is 37.2 Å². The first kappa shape index (κ1) is 57.3. The molecule has 0 heterocycles. The van der Waals surface area contributed by atoms with Crippen LogP contribution in [0.1, 0.15) is 168 Å². The summed E-state index contributed by atoms with van der Waals surface area (Å²) in [6.07, 6.45) is 69.7. The SMILES string of the molecule is CC\C=C/C=C\C=C/C=C\CCCCCC(=O)OCC(COC(=O)CCCCCCC\C=C/C=C\C=C/C=C\CCCCC)OC(=O)CCCCC\C=C/C=C\C=C/C=C\CC. The largest absolute Gasteiger partial charge is 0.462 e. The van der Waals surface area contributed by atoms with Crippen LogP contribution in [0.2, 0.25) is 0 Å². The molecule has 0 saturated heterocycles. The fourth-order valence-corrected chi connectivity index (χ4v) is 5.77. The third-order valence-electron chi connectivity index (χ3n) is 9.34. The van der Waals surface area contributed by atoms with E-state index >= 15 is 0 Å². The zero-order valence-corrected chi connectivity index (χ0v) is 39.1. The summed E-state index contributed by atoms with van der Waals surface area (Å²) in [4.78, 5) is 37.9. The van der Waals surface area contributed by atoms with E-state index in [-0.39, 0.29) is 37.5 Å². The van der Waals surface area contributed by atoms with Crippen LogP contribution in [0.5, 0.6) is 0 Å². The first-order valence-electron chi connectivity index (χ1n) is 24.0. The minimum atomic E-state index is -0.830. The van der Waals surface area contributed by atoms with Gasteiger partial charge < -0.3 is 14.2 Å². The van der Waals surface area contributed by atoms with Gasteiger partial charge in [0.25, 0.3) is 0 Å². The molecule has 1 unspecified atom stereocenters. The van der Waals surface area contributed by atoms with Crippen molar-refractivity contribution in [3.63, 3.8) is 0 Å². The summed E-state index contributed by atoms with van der Waals surface area (Å²) in [5, 5.41) is 0. The maximum absolute atomic E-state index is 12.7. The molecule has 0 fully saturated rings. The molecular weight excluding hydrogens is 769 g/mol. The van der Waals surface area contributed by atoms with Gasteiger partial charge in [-0.3, -0.25) is 14.4 Å². The van der Waals surface area contributed by atoms with Gasteiger partial charge in [0.05, 0.1) is 0 Å². The highest BCUT2D eigenvalue weighted by atomic mass is 16.6. The normalized spacial score (nSPS) is 13.4. The van der Waals surface area contributed by atoms with Gasteiger partial charge in [-0.15, -0.1) is 0 Å². The van der Waals surface area contributed by atoms with Gasteiger partial charge in [0, 0.05) is 19.3 Å². The molecule has 6 heteroatoms. The lowest BCUT2D eigenvalue weighted by molar-refractivity contribution is -0.167. The number of carbonyl (C=O) groups excluding carboxylic acids is 3. The molecule has 62 heavy (non-hydrogen) atoms. The maximum atomic E-state index is 12.7. The molecule has 0 aromatic carbocycles. The van der Waals surface area contributed by atoms with Crippen LogP contribution < -0.4 is 0 Å². The molecule has 1 atom stereocenters. The molecule has 344 valence electrons. The molecule has 0 amide bonds. The molecular formula is C56H84O6. The van der Waals surface area contributed by atoms with Gasteiger partial charge in [-0.1, -0.05) is 212 Å². The molecule has 0 aromatic heterocycles. The highest BCUT2D eigenvalue weighted by Gasteiger charge is 2.19. The predicted molar refractivity (Wildman–Crippen MR) is 265 cm³/mol. The average molecular weight is 853 g/mol. The monoisotopic (exact) mass is 853 g/mol. The summed E-state index contributed by atoms with van der Waals surface area (Å²) in [5.74, 6) is -1.04. The summed E-state index contributed by atoms with van der Waals surface area (Å²) in [5.41, 5.74) is 0. The van der Waals surface area contributed by atoms with Crippen LogP contribution >= 0.6 is 0 Å². The minimum absolute atomic E-state index is 0.126. The van der Waals surface area contributed by atoms with E-state index in [1.54, 1.807) is 0 Å². The van der Waals surface area contributed by atoms with Crippen LogP contribution in [0.25, 0.3) is 0 Å². The Kier molecular flexibility index (Phi) is 45.2. The number of hydrogen-bond acceptors (Lipinski definition) is 6. The minimum Gasteiger partial charge on any atom is -0.462 e. The number of esters is 3. The molecule has 0 aliphatic rings. The summed E-state index contributed by atoms with van der Waals surface area (Å²) >= 11 is 0. The molecule has 0 spiro atoms. The second-order valence-electron chi connectivity index (χ2n) is 15.2. The van der Waals surface area contributed by atoms with Gasteiger partial charge in [-0.2, -0.15) is 0 Å². The second-order valence-corrected chi connectivity index (χ2v) is 15.2. The van der Waals surface area contributed by atoms with Gasteiger partial charge in [-0.05, 0) is 83.5 Å². The predicted octanol–water partition coefficient (Wildman–Crippen LogP) is 15.7. The maximum Gasteiger partial charge on any atom is 0.306 e. The Balaban J connectivity index is 4.58. The van der Waals surface area contributed by atoms with E-state index in [9.17, 15) is 14.4 Å². The molecule has 0 aromatic rings. The van der Waals surface area contributed by atoms with Crippen molar-refractivity contribution < 1.29 is 28.6 Å². The molecule has 0 aliphatic heterocycles. The van der Waals surface area contributed by atoms with E-state index in [1.807, 2.05) is 72.9 Å². The molecule has 0 radical (unpaired) electrons.